The Morgan fingerprint density at radius 2 is 2.16 bits per heavy atom. The van der Waals surface area contributed by atoms with Gasteiger partial charge < -0.3 is 5.32 Å². The van der Waals surface area contributed by atoms with Gasteiger partial charge in [0.05, 0.1) is 0 Å². The van der Waals surface area contributed by atoms with Gasteiger partial charge in [0, 0.05) is 29.6 Å². The van der Waals surface area contributed by atoms with Gasteiger partial charge in [0.2, 0.25) is 0 Å². The molecule has 0 heterocycles. The predicted molar refractivity (Wildman–Crippen MR) is 83.5 cm³/mol. The first-order valence-electron chi connectivity index (χ1n) is 7.54. The van der Waals surface area contributed by atoms with Crippen LogP contribution < -0.4 is 5.32 Å². The van der Waals surface area contributed by atoms with Gasteiger partial charge in [0.25, 0.3) is 0 Å². The zero-order valence-corrected chi connectivity index (χ0v) is 13.2. The lowest BCUT2D eigenvalue weighted by molar-refractivity contribution is 0.272. The second-order valence-corrected chi connectivity index (χ2v) is 6.57. The van der Waals surface area contributed by atoms with E-state index in [1.54, 1.807) is 0 Å². The number of benzene rings is 1. The average Bonchev–Trinajstić information content (AvgIpc) is 3.17. The molecule has 0 aromatic heterocycles. The second-order valence-electron chi connectivity index (χ2n) is 5.71. The molecule has 1 saturated carbocycles. The van der Waals surface area contributed by atoms with Crippen LogP contribution in [-0.2, 0) is 6.42 Å². The quantitative estimate of drug-likeness (QED) is 0.862. The number of rotatable bonds is 6. The number of nitrogens with one attached hydrogen (secondary N) is 1. The van der Waals surface area contributed by atoms with E-state index >= 15 is 0 Å². The summed E-state index contributed by atoms with van der Waals surface area (Å²) in [6.45, 7) is 5.78. The molecule has 1 unspecified atom stereocenters. The first-order valence-corrected chi connectivity index (χ1v) is 8.33. The Bertz CT molecular complexity index is 442. The molecular weight excluding hydrogens is 300 g/mol. The fourth-order valence-electron chi connectivity index (χ4n) is 3.24. The van der Waals surface area contributed by atoms with Gasteiger partial charge in [-0.25, -0.2) is 0 Å². The van der Waals surface area contributed by atoms with Gasteiger partial charge in [-0.2, -0.15) is 0 Å². The Morgan fingerprint density at radius 3 is 2.89 bits per heavy atom. The number of nitrogens with zero attached hydrogens (tertiary/aromatic N) is 1. The summed E-state index contributed by atoms with van der Waals surface area (Å²) in [5.41, 5.74) is 3.01. The summed E-state index contributed by atoms with van der Waals surface area (Å²) in [6, 6.07) is 8.05. The molecule has 19 heavy (non-hydrogen) atoms. The second kappa shape index (κ2) is 5.94. The van der Waals surface area contributed by atoms with Crippen molar-refractivity contribution in [3.8, 4) is 0 Å². The highest BCUT2D eigenvalue weighted by Gasteiger charge is 2.28. The van der Waals surface area contributed by atoms with Crippen molar-refractivity contribution in [3.05, 3.63) is 33.8 Å². The van der Waals surface area contributed by atoms with Gasteiger partial charge in [-0.05, 0) is 49.4 Å². The maximum atomic E-state index is 3.75. The molecule has 0 spiro atoms. The van der Waals surface area contributed by atoms with Crippen molar-refractivity contribution in [2.24, 2.45) is 0 Å². The third-order valence-corrected chi connectivity index (χ3v) is 5.22. The van der Waals surface area contributed by atoms with Gasteiger partial charge in [-0.3, -0.25) is 4.90 Å². The fourth-order valence-corrected chi connectivity index (χ4v) is 3.82. The Hall–Kier alpha value is -0.380. The lowest BCUT2D eigenvalue weighted by Gasteiger charge is -2.22. The largest absolute Gasteiger partial charge is 0.309 e. The van der Waals surface area contributed by atoms with E-state index in [4.69, 9.17) is 0 Å². The first-order chi connectivity index (χ1) is 9.29. The molecule has 0 aliphatic heterocycles. The maximum Gasteiger partial charge on any atom is 0.0327 e. The number of hydrogen-bond acceptors (Lipinski definition) is 2. The molecule has 0 bridgehead atoms. The van der Waals surface area contributed by atoms with Crippen molar-refractivity contribution in [1.82, 2.24) is 10.2 Å². The summed E-state index contributed by atoms with van der Waals surface area (Å²) in [5, 5.41) is 3.75. The molecule has 0 saturated heterocycles. The number of fused-ring (bicyclic) bond motifs is 1. The van der Waals surface area contributed by atoms with Crippen LogP contribution in [0.5, 0.6) is 0 Å². The van der Waals surface area contributed by atoms with Crippen molar-refractivity contribution >= 4 is 15.9 Å². The van der Waals surface area contributed by atoms with E-state index in [9.17, 15) is 0 Å². The Kier molecular flexibility index (Phi) is 4.25. The van der Waals surface area contributed by atoms with Crippen LogP contribution >= 0.6 is 15.9 Å². The molecule has 1 aromatic carbocycles. The van der Waals surface area contributed by atoms with E-state index in [2.05, 4.69) is 51.3 Å². The van der Waals surface area contributed by atoms with Crippen LogP contribution in [0.25, 0.3) is 0 Å². The highest BCUT2D eigenvalue weighted by Crippen LogP contribution is 2.35. The predicted octanol–water partition coefficient (Wildman–Crippen LogP) is 3.51. The van der Waals surface area contributed by atoms with Gasteiger partial charge in [0.15, 0.2) is 0 Å². The number of hydrogen-bond donors (Lipinski definition) is 1. The van der Waals surface area contributed by atoms with Gasteiger partial charge in [0.1, 0.15) is 0 Å². The molecule has 0 radical (unpaired) electrons. The zero-order chi connectivity index (χ0) is 13.2. The van der Waals surface area contributed by atoms with E-state index in [1.807, 2.05) is 0 Å². The van der Waals surface area contributed by atoms with Gasteiger partial charge in [-0.1, -0.05) is 35.0 Å². The standard InChI is InChI=1S/C16H23BrN2/c1-2-19(12-6-7-12)11-10-18-16-9-8-13-14(16)4-3-5-15(13)17/h3-5,12,16,18H,2,6-11H2,1H3. The summed E-state index contributed by atoms with van der Waals surface area (Å²) in [6.07, 6.45) is 5.27. The normalized spacial score (nSPS) is 21.9. The van der Waals surface area contributed by atoms with Crippen LogP contribution in [0.2, 0.25) is 0 Å². The minimum absolute atomic E-state index is 0.561. The first kappa shape index (κ1) is 13.6. The maximum absolute atomic E-state index is 3.75. The third-order valence-electron chi connectivity index (χ3n) is 4.47. The smallest absolute Gasteiger partial charge is 0.0327 e. The third kappa shape index (κ3) is 3.04. The molecule has 3 heteroatoms. The van der Waals surface area contributed by atoms with E-state index in [0.29, 0.717) is 6.04 Å². The van der Waals surface area contributed by atoms with Crippen LogP contribution in [0.4, 0.5) is 0 Å². The van der Waals surface area contributed by atoms with E-state index in [1.165, 1.54) is 54.4 Å². The van der Waals surface area contributed by atoms with E-state index in [0.717, 1.165) is 12.6 Å². The van der Waals surface area contributed by atoms with E-state index < -0.39 is 0 Å². The highest BCUT2D eigenvalue weighted by molar-refractivity contribution is 9.10. The van der Waals surface area contributed by atoms with Crippen molar-refractivity contribution in [3.63, 3.8) is 0 Å². The molecule has 1 N–H and O–H groups in total. The summed E-state index contributed by atoms with van der Waals surface area (Å²) in [7, 11) is 0. The van der Waals surface area contributed by atoms with Crippen molar-refractivity contribution in [1.29, 1.82) is 0 Å². The molecule has 0 amide bonds. The van der Waals surface area contributed by atoms with Crippen molar-refractivity contribution in [2.75, 3.05) is 19.6 Å². The molecule has 3 rings (SSSR count). The summed E-state index contributed by atoms with van der Waals surface area (Å²) in [5.74, 6) is 0. The SMILES string of the molecule is CCN(CCNC1CCc2c(Br)cccc21)C1CC1. The molecular formula is C16H23BrN2. The van der Waals surface area contributed by atoms with Crippen molar-refractivity contribution < 1.29 is 0 Å². The van der Waals surface area contributed by atoms with Crippen molar-refractivity contribution in [2.45, 2.75) is 44.7 Å². The zero-order valence-electron chi connectivity index (χ0n) is 11.7. The summed E-state index contributed by atoms with van der Waals surface area (Å²) in [4.78, 5) is 2.61. The lowest BCUT2D eigenvalue weighted by atomic mass is 10.1. The summed E-state index contributed by atoms with van der Waals surface area (Å²) >= 11 is 3.67. The molecule has 2 nitrogen and oxygen atoms in total. The number of halogens is 1. The van der Waals surface area contributed by atoms with Crippen LogP contribution in [0.3, 0.4) is 0 Å². The Labute approximate surface area is 124 Å². The minimum Gasteiger partial charge on any atom is -0.309 e. The van der Waals surface area contributed by atoms with Crippen LogP contribution in [-0.4, -0.2) is 30.6 Å². The molecule has 104 valence electrons. The Morgan fingerprint density at radius 1 is 1.32 bits per heavy atom. The van der Waals surface area contributed by atoms with Crippen LogP contribution in [0.1, 0.15) is 43.4 Å². The topological polar surface area (TPSA) is 15.3 Å². The highest BCUT2D eigenvalue weighted by atomic mass is 79.9. The average molecular weight is 323 g/mol. The summed E-state index contributed by atoms with van der Waals surface area (Å²) < 4.78 is 1.28. The van der Waals surface area contributed by atoms with E-state index in [-0.39, 0.29) is 0 Å². The van der Waals surface area contributed by atoms with Crippen LogP contribution in [0.15, 0.2) is 22.7 Å². The molecule has 1 atom stereocenters. The molecule has 1 fully saturated rings. The minimum atomic E-state index is 0.561. The molecule has 2 aliphatic carbocycles. The van der Waals surface area contributed by atoms with Gasteiger partial charge >= 0.3 is 0 Å². The molecule has 2 aliphatic rings. The van der Waals surface area contributed by atoms with Gasteiger partial charge in [-0.15, -0.1) is 0 Å². The van der Waals surface area contributed by atoms with Crippen LogP contribution in [0, 0.1) is 0 Å². The fraction of sp³-hybridized carbons (Fsp3) is 0.625. The molecule has 1 aromatic rings. The Balaban J connectivity index is 1.53. The monoisotopic (exact) mass is 322 g/mol. The number of likely N-dealkylation sites (N-methyl/N-ethyl adjacent to an activating group) is 1. The lowest BCUT2D eigenvalue weighted by Crippen LogP contribution is -2.34.